The molecule has 18 heavy (non-hydrogen) atoms. The first-order valence-electron chi connectivity index (χ1n) is 4.54. The van der Waals surface area contributed by atoms with Crippen LogP contribution in [0.5, 0.6) is 0 Å². The predicted octanol–water partition coefficient (Wildman–Crippen LogP) is 0.455. The Morgan fingerprint density at radius 1 is 1.33 bits per heavy atom. The third-order valence-corrected chi connectivity index (χ3v) is 2.91. The summed E-state index contributed by atoms with van der Waals surface area (Å²) < 4.78 is 37.7. The molecule has 10 heteroatoms. The quantitative estimate of drug-likeness (QED) is 0.865. The molecule has 2 heterocycles. The maximum Gasteiger partial charge on any atom is 0.443 e. The van der Waals surface area contributed by atoms with Gasteiger partial charge in [-0.15, -0.1) is 11.3 Å². The van der Waals surface area contributed by atoms with Crippen LogP contribution in [0, 0.1) is 0 Å². The minimum Gasteiger partial charge on any atom is -0.271 e. The number of halogens is 3. The highest BCUT2D eigenvalue weighted by Crippen LogP contribution is 2.32. The Morgan fingerprint density at radius 3 is 2.61 bits per heavy atom. The summed E-state index contributed by atoms with van der Waals surface area (Å²) in [6.45, 7) is -0.177. The molecule has 0 atom stereocenters. The van der Waals surface area contributed by atoms with Gasteiger partial charge in [0.2, 0.25) is 0 Å². The first kappa shape index (κ1) is 12.5. The lowest BCUT2D eigenvalue weighted by molar-refractivity contribution is -0.137. The molecule has 0 aliphatic heterocycles. The molecule has 0 fully saturated rings. The van der Waals surface area contributed by atoms with Gasteiger partial charge in [-0.3, -0.25) is 9.78 Å². The molecule has 96 valence electrons. The number of nitrogens with one attached hydrogen (secondary N) is 1. The summed E-state index contributed by atoms with van der Waals surface area (Å²) in [6, 6.07) is 0. The van der Waals surface area contributed by atoms with Crippen LogP contribution in [-0.2, 0) is 12.7 Å². The number of nitrogens with zero attached hydrogens (tertiary/aromatic N) is 3. The van der Waals surface area contributed by atoms with E-state index in [1.807, 2.05) is 4.98 Å². The van der Waals surface area contributed by atoms with Crippen molar-refractivity contribution in [3.05, 3.63) is 43.1 Å². The fraction of sp³-hybridized carbons (Fsp3) is 0.250. The zero-order valence-electron chi connectivity index (χ0n) is 8.56. The van der Waals surface area contributed by atoms with E-state index in [0.717, 1.165) is 17.1 Å². The Morgan fingerprint density at radius 2 is 2.06 bits per heavy atom. The van der Waals surface area contributed by atoms with Gasteiger partial charge in [0.1, 0.15) is 6.20 Å². The summed E-state index contributed by atoms with van der Waals surface area (Å²) in [6.07, 6.45) is -2.62. The molecular weight excluding hydrogens is 273 g/mol. The average molecular weight is 278 g/mol. The molecule has 2 aromatic heterocycles. The van der Waals surface area contributed by atoms with Crippen LogP contribution in [0.25, 0.3) is 0 Å². The molecule has 2 rings (SSSR count). The zero-order valence-corrected chi connectivity index (χ0v) is 9.38. The van der Waals surface area contributed by atoms with E-state index in [1.54, 1.807) is 0 Å². The highest BCUT2D eigenvalue weighted by Gasteiger charge is 2.34. The van der Waals surface area contributed by atoms with E-state index in [0.29, 0.717) is 11.3 Å². The van der Waals surface area contributed by atoms with Crippen LogP contribution < -0.4 is 11.2 Å². The Bertz CT molecular complexity index is 672. The predicted molar refractivity (Wildman–Crippen MR) is 55.3 cm³/mol. The van der Waals surface area contributed by atoms with E-state index >= 15 is 0 Å². The number of aromatic amines is 1. The lowest BCUT2D eigenvalue weighted by Gasteiger charge is -2.00. The number of hydrogen-bond acceptors (Lipinski definition) is 5. The monoisotopic (exact) mass is 278 g/mol. The lowest BCUT2D eigenvalue weighted by atomic mass is 10.5. The van der Waals surface area contributed by atoms with Gasteiger partial charge in [-0.2, -0.15) is 18.3 Å². The van der Waals surface area contributed by atoms with Gasteiger partial charge in [0, 0.05) is 11.1 Å². The fourth-order valence-corrected chi connectivity index (χ4v) is 1.91. The molecule has 0 radical (unpaired) electrons. The van der Waals surface area contributed by atoms with Gasteiger partial charge in [-0.25, -0.2) is 14.5 Å². The van der Waals surface area contributed by atoms with Crippen LogP contribution in [0.1, 0.15) is 9.88 Å². The van der Waals surface area contributed by atoms with Crippen molar-refractivity contribution in [1.82, 2.24) is 19.7 Å². The third-order valence-electron chi connectivity index (χ3n) is 1.88. The van der Waals surface area contributed by atoms with Gasteiger partial charge in [0.05, 0.1) is 6.54 Å². The number of hydrogen-bond donors (Lipinski definition) is 1. The maximum absolute atomic E-state index is 12.3. The Balaban J connectivity index is 2.27. The molecule has 6 nitrogen and oxygen atoms in total. The van der Waals surface area contributed by atoms with Crippen molar-refractivity contribution in [1.29, 1.82) is 0 Å². The van der Waals surface area contributed by atoms with Crippen LogP contribution >= 0.6 is 11.3 Å². The molecule has 0 spiro atoms. The fourth-order valence-electron chi connectivity index (χ4n) is 1.15. The second kappa shape index (κ2) is 4.37. The maximum atomic E-state index is 12.3. The Labute approximate surface area is 101 Å². The van der Waals surface area contributed by atoms with Crippen LogP contribution in [0.3, 0.4) is 0 Å². The van der Waals surface area contributed by atoms with E-state index in [2.05, 4.69) is 10.1 Å². The molecule has 0 amide bonds. The normalized spacial score (nSPS) is 11.7. The Hall–Kier alpha value is -1.97. The topological polar surface area (TPSA) is 80.6 Å². The standard InChI is InChI=1S/C8H5F3N4O2S/c9-8(10,11)6-12-1-4(18-6)3-15-7(17)14-5(16)2-13-15/h1-2H,3H2,(H,14,16,17). The molecular formula is C8H5F3N4O2S. The molecule has 0 saturated heterocycles. The van der Waals surface area contributed by atoms with Crippen molar-refractivity contribution in [2.24, 2.45) is 0 Å². The summed E-state index contributed by atoms with van der Waals surface area (Å²) in [5.41, 5.74) is -1.46. The summed E-state index contributed by atoms with van der Waals surface area (Å²) in [5, 5.41) is 2.51. The minimum absolute atomic E-state index is 0.177. The summed E-state index contributed by atoms with van der Waals surface area (Å²) in [5.74, 6) is 0. The average Bonchev–Trinajstić information content (AvgIpc) is 2.70. The number of aromatic nitrogens is 4. The third kappa shape index (κ3) is 2.64. The second-order valence-electron chi connectivity index (χ2n) is 3.23. The molecule has 1 N–H and O–H groups in total. The first-order valence-corrected chi connectivity index (χ1v) is 5.36. The van der Waals surface area contributed by atoms with E-state index in [1.165, 1.54) is 0 Å². The van der Waals surface area contributed by atoms with E-state index in [9.17, 15) is 22.8 Å². The molecule has 0 bridgehead atoms. The number of rotatable bonds is 2. The van der Waals surface area contributed by atoms with Crippen molar-refractivity contribution in [3.8, 4) is 0 Å². The van der Waals surface area contributed by atoms with Gasteiger partial charge in [0.15, 0.2) is 5.01 Å². The molecule has 0 saturated carbocycles. The molecule has 0 aromatic carbocycles. The molecule has 2 aromatic rings. The molecule has 0 aliphatic rings. The lowest BCUT2D eigenvalue weighted by Crippen LogP contribution is -2.31. The largest absolute Gasteiger partial charge is 0.443 e. The van der Waals surface area contributed by atoms with Gasteiger partial charge in [0.25, 0.3) is 5.56 Å². The number of alkyl halides is 3. The molecule has 0 aliphatic carbocycles. The minimum atomic E-state index is -4.51. The van der Waals surface area contributed by atoms with Crippen molar-refractivity contribution in [2.45, 2.75) is 12.7 Å². The summed E-state index contributed by atoms with van der Waals surface area (Å²) in [7, 11) is 0. The smallest absolute Gasteiger partial charge is 0.271 e. The van der Waals surface area contributed by atoms with E-state index < -0.39 is 22.4 Å². The molecule has 0 unspecified atom stereocenters. The number of H-pyrrole nitrogens is 1. The highest BCUT2D eigenvalue weighted by atomic mass is 32.1. The number of thiazole rings is 1. The highest BCUT2D eigenvalue weighted by molar-refractivity contribution is 7.11. The SMILES string of the molecule is O=c1cnn(Cc2cnc(C(F)(F)F)s2)c(=O)[nH]1. The second-order valence-corrected chi connectivity index (χ2v) is 4.34. The summed E-state index contributed by atoms with van der Waals surface area (Å²) >= 11 is 0.420. The van der Waals surface area contributed by atoms with E-state index in [4.69, 9.17) is 0 Å². The van der Waals surface area contributed by atoms with Crippen LogP contribution in [0.2, 0.25) is 0 Å². The zero-order chi connectivity index (χ0) is 13.3. The van der Waals surface area contributed by atoms with Gasteiger partial charge >= 0.3 is 11.9 Å². The van der Waals surface area contributed by atoms with Crippen LogP contribution in [0.15, 0.2) is 22.0 Å². The van der Waals surface area contributed by atoms with Crippen molar-refractivity contribution < 1.29 is 13.2 Å². The van der Waals surface area contributed by atoms with Crippen LogP contribution in [-0.4, -0.2) is 19.7 Å². The van der Waals surface area contributed by atoms with Gasteiger partial charge in [-0.1, -0.05) is 0 Å². The van der Waals surface area contributed by atoms with Crippen LogP contribution in [0.4, 0.5) is 13.2 Å². The van der Waals surface area contributed by atoms with Crippen molar-refractivity contribution in [3.63, 3.8) is 0 Å². The van der Waals surface area contributed by atoms with Gasteiger partial charge in [-0.05, 0) is 0 Å². The van der Waals surface area contributed by atoms with E-state index in [-0.39, 0.29) is 11.4 Å². The Kier molecular flexibility index (Phi) is 3.03. The van der Waals surface area contributed by atoms with Crippen molar-refractivity contribution >= 4 is 11.3 Å². The first-order chi connectivity index (χ1) is 8.36. The summed E-state index contributed by atoms with van der Waals surface area (Å²) in [4.78, 5) is 27.4. The van der Waals surface area contributed by atoms with Gasteiger partial charge < -0.3 is 0 Å². The van der Waals surface area contributed by atoms with Crippen molar-refractivity contribution in [2.75, 3.05) is 0 Å².